The highest BCUT2D eigenvalue weighted by molar-refractivity contribution is 7.92. The van der Waals surface area contributed by atoms with Gasteiger partial charge in [0.05, 0.1) is 10.6 Å². The van der Waals surface area contributed by atoms with Crippen molar-refractivity contribution in [1.29, 1.82) is 0 Å². The molecule has 0 radical (unpaired) electrons. The van der Waals surface area contributed by atoms with Crippen LogP contribution in [0.25, 0.3) is 0 Å². The number of hydrogen-bond acceptors (Lipinski definition) is 4. The van der Waals surface area contributed by atoms with Crippen LogP contribution >= 0.6 is 34.8 Å². The second-order valence-electron chi connectivity index (χ2n) is 10.7. The molecule has 3 aromatic carbocycles. The Morgan fingerprint density at radius 1 is 0.902 bits per heavy atom. The van der Waals surface area contributed by atoms with E-state index >= 15 is 0 Å². The van der Waals surface area contributed by atoms with E-state index in [1.54, 1.807) is 49.4 Å². The van der Waals surface area contributed by atoms with Gasteiger partial charge in [-0.2, -0.15) is 0 Å². The lowest BCUT2D eigenvalue weighted by Gasteiger charge is -2.35. The Kier molecular flexibility index (Phi) is 10.7. The zero-order valence-electron chi connectivity index (χ0n) is 23.6. The van der Waals surface area contributed by atoms with Gasteiger partial charge in [0.2, 0.25) is 11.8 Å². The van der Waals surface area contributed by atoms with Crippen molar-refractivity contribution in [3.05, 3.63) is 92.9 Å². The highest BCUT2D eigenvalue weighted by Gasteiger charge is 2.35. The van der Waals surface area contributed by atoms with E-state index in [9.17, 15) is 18.0 Å². The van der Waals surface area contributed by atoms with Crippen molar-refractivity contribution in [2.45, 2.75) is 64.1 Å². The molecule has 0 aliphatic carbocycles. The fraction of sp³-hybridized carbons (Fsp3) is 0.333. The van der Waals surface area contributed by atoms with Crippen LogP contribution in [0.4, 0.5) is 5.69 Å². The van der Waals surface area contributed by atoms with Gasteiger partial charge in [-0.15, -0.1) is 0 Å². The summed E-state index contributed by atoms with van der Waals surface area (Å²) in [4.78, 5) is 28.9. The Labute approximate surface area is 257 Å². The van der Waals surface area contributed by atoms with E-state index in [2.05, 4.69) is 5.32 Å². The van der Waals surface area contributed by atoms with Crippen LogP contribution in [0.1, 0.15) is 45.2 Å². The van der Waals surface area contributed by atoms with E-state index < -0.39 is 34.1 Å². The lowest BCUT2D eigenvalue weighted by Crippen LogP contribution is -2.55. The maximum absolute atomic E-state index is 14.2. The SMILES string of the molecule is CC[C@@H](C(=O)NC(C)(C)C)N(Cc1c(Cl)cccc1Cl)C(=O)CN(c1ccc(Cl)cc1)S(=O)(=O)c1ccc(C)cc1. The van der Waals surface area contributed by atoms with Crippen LogP contribution < -0.4 is 9.62 Å². The van der Waals surface area contributed by atoms with Crippen molar-refractivity contribution in [1.82, 2.24) is 10.2 Å². The summed E-state index contributed by atoms with van der Waals surface area (Å²) < 4.78 is 28.9. The number of hydrogen-bond donors (Lipinski definition) is 1. The number of halogens is 3. The zero-order chi connectivity index (χ0) is 30.5. The van der Waals surface area contributed by atoms with E-state index in [0.717, 1.165) is 9.87 Å². The molecule has 0 aliphatic heterocycles. The summed E-state index contributed by atoms with van der Waals surface area (Å²) in [6.07, 6.45) is 0.265. The molecular formula is C30H34Cl3N3O4S. The molecule has 0 saturated carbocycles. The Balaban J connectivity index is 2.11. The Bertz CT molecular complexity index is 1470. The van der Waals surface area contributed by atoms with Crippen LogP contribution in [-0.4, -0.2) is 43.3 Å². The van der Waals surface area contributed by atoms with Crippen LogP contribution in [0.2, 0.25) is 15.1 Å². The Morgan fingerprint density at radius 2 is 1.46 bits per heavy atom. The van der Waals surface area contributed by atoms with Gasteiger partial charge in [0.1, 0.15) is 12.6 Å². The Morgan fingerprint density at radius 3 is 1.98 bits per heavy atom. The highest BCUT2D eigenvalue weighted by Crippen LogP contribution is 2.29. The fourth-order valence-electron chi connectivity index (χ4n) is 4.20. The molecule has 7 nitrogen and oxygen atoms in total. The molecule has 220 valence electrons. The number of rotatable bonds is 10. The molecule has 0 saturated heterocycles. The molecule has 0 heterocycles. The predicted octanol–water partition coefficient (Wildman–Crippen LogP) is 6.87. The Hall–Kier alpha value is -2.78. The number of nitrogens with zero attached hydrogens (tertiary/aromatic N) is 2. The minimum Gasteiger partial charge on any atom is -0.350 e. The van der Waals surface area contributed by atoms with Crippen molar-refractivity contribution in [3.63, 3.8) is 0 Å². The second kappa shape index (κ2) is 13.5. The minimum atomic E-state index is -4.19. The number of amides is 2. The summed E-state index contributed by atoms with van der Waals surface area (Å²) in [6.45, 7) is 8.45. The molecule has 0 fully saturated rings. The van der Waals surface area contributed by atoms with Crippen LogP contribution in [-0.2, 0) is 26.2 Å². The summed E-state index contributed by atoms with van der Waals surface area (Å²) in [6, 6.07) is 16.5. The van der Waals surface area contributed by atoms with Crippen molar-refractivity contribution < 1.29 is 18.0 Å². The zero-order valence-corrected chi connectivity index (χ0v) is 26.7. The van der Waals surface area contributed by atoms with Crippen molar-refractivity contribution in [2.24, 2.45) is 0 Å². The summed E-state index contributed by atoms with van der Waals surface area (Å²) in [5.41, 5.74) is 1.01. The van der Waals surface area contributed by atoms with Crippen LogP contribution in [0, 0.1) is 6.92 Å². The quantitative estimate of drug-likeness (QED) is 0.263. The summed E-state index contributed by atoms with van der Waals surface area (Å²) in [5.74, 6) is -0.988. The molecule has 41 heavy (non-hydrogen) atoms. The van der Waals surface area contributed by atoms with Crippen LogP contribution in [0.15, 0.2) is 71.6 Å². The molecule has 0 aliphatic rings. The van der Waals surface area contributed by atoms with E-state index in [1.165, 1.54) is 29.2 Å². The molecule has 2 amide bonds. The topological polar surface area (TPSA) is 86.8 Å². The van der Waals surface area contributed by atoms with Gasteiger partial charge in [-0.3, -0.25) is 13.9 Å². The van der Waals surface area contributed by atoms with Crippen LogP contribution in [0.3, 0.4) is 0 Å². The molecule has 11 heteroatoms. The monoisotopic (exact) mass is 637 g/mol. The van der Waals surface area contributed by atoms with Gasteiger partial charge in [0, 0.05) is 32.7 Å². The van der Waals surface area contributed by atoms with Gasteiger partial charge in [-0.05, 0) is 82.6 Å². The summed E-state index contributed by atoms with van der Waals surface area (Å²) >= 11 is 19.0. The normalized spacial score (nSPS) is 12.5. The first-order valence-corrected chi connectivity index (χ1v) is 15.6. The van der Waals surface area contributed by atoms with Crippen molar-refractivity contribution in [3.8, 4) is 0 Å². The first kappa shape index (κ1) is 32.7. The molecule has 0 spiro atoms. The third-order valence-corrected chi connectivity index (χ3v) is 9.02. The van der Waals surface area contributed by atoms with Gasteiger partial charge in [-0.1, -0.05) is 65.5 Å². The summed E-state index contributed by atoms with van der Waals surface area (Å²) in [7, 11) is -4.19. The van der Waals surface area contributed by atoms with E-state index in [1.807, 2.05) is 27.7 Å². The molecular weight excluding hydrogens is 605 g/mol. The number of benzene rings is 3. The lowest BCUT2D eigenvalue weighted by atomic mass is 10.1. The molecule has 1 N–H and O–H groups in total. The third-order valence-electron chi connectivity index (χ3n) is 6.28. The number of carbonyl (C=O) groups is 2. The van der Waals surface area contributed by atoms with E-state index in [4.69, 9.17) is 34.8 Å². The molecule has 3 rings (SSSR count). The number of carbonyl (C=O) groups excluding carboxylic acids is 2. The lowest BCUT2D eigenvalue weighted by molar-refractivity contribution is -0.141. The largest absolute Gasteiger partial charge is 0.350 e. The maximum atomic E-state index is 14.2. The van der Waals surface area contributed by atoms with Gasteiger partial charge in [0.25, 0.3) is 10.0 Å². The third kappa shape index (κ3) is 8.38. The molecule has 0 aromatic heterocycles. The average Bonchev–Trinajstić information content (AvgIpc) is 2.88. The van der Waals surface area contributed by atoms with Gasteiger partial charge < -0.3 is 10.2 Å². The molecule has 0 unspecified atom stereocenters. The highest BCUT2D eigenvalue weighted by atomic mass is 35.5. The molecule has 0 bridgehead atoms. The second-order valence-corrected chi connectivity index (χ2v) is 13.8. The van der Waals surface area contributed by atoms with Gasteiger partial charge in [0.15, 0.2) is 0 Å². The van der Waals surface area contributed by atoms with Crippen molar-refractivity contribution >= 4 is 62.3 Å². The first-order chi connectivity index (χ1) is 19.1. The molecule has 3 aromatic rings. The maximum Gasteiger partial charge on any atom is 0.264 e. The standard InChI is InChI=1S/C30H34Cl3N3O4S/c1-6-27(29(38)34-30(3,4)5)35(18-24-25(32)8-7-9-26(24)33)28(37)19-36(22-14-12-21(31)13-15-22)41(39,40)23-16-10-20(2)11-17-23/h7-17,27H,6,18-19H2,1-5H3,(H,34,38)/t27-/m0/s1. The fourth-order valence-corrected chi connectivity index (χ4v) is 6.26. The predicted molar refractivity (Wildman–Crippen MR) is 166 cm³/mol. The van der Waals surface area contributed by atoms with E-state index in [0.29, 0.717) is 20.6 Å². The van der Waals surface area contributed by atoms with Crippen molar-refractivity contribution in [2.75, 3.05) is 10.8 Å². The number of anilines is 1. The van der Waals surface area contributed by atoms with Crippen LogP contribution in [0.5, 0.6) is 0 Å². The summed E-state index contributed by atoms with van der Waals surface area (Å²) in [5, 5.41) is 3.98. The smallest absolute Gasteiger partial charge is 0.264 e. The average molecular weight is 639 g/mol. The van der Waals surface area contributed by atoms with Gasteiger partial charge >= 0.3 is 0 Å². The molecule has 1 atom stereocenters. The minimum absolute atomic E-state index is 0.0177. The number of sulfonamides is 1. The number of nitrogens with one attached hydrogen (secondary N) is 1. The van der Waals surface area contributed by atoms with E-state index in [-0.39, 0.29) is 29.5 Å². The van der Waals surface area contributed by atoms with Gasteiger partial charge in [-0.25, -0.2) is 8.42 Å². The first-order valence-electron chi connectivity index (χ1n) is 13.0. The number of aryl methyl sites for hydroxylation is 1.